The maximum absolute atomic E-state index is 13.6. The van der Waals surface area contributed by atoms with Crippen LogP contribution in [0.15, 0.2) is 0 Å². The summed E-state index contributed by atoms with van der Waals surface area (Å²) in [6.45, 7) is 11.5. The van der Waals surface area contributed by atoms with Crippen LogP contribution in [-0.4, -0.2) is 75.3 Å². The standard InChI is InChI=1S/C28H50BN5O6/c1-17(2)14-22(29-39-21-16-18-15-20(27(18,3)4)28(21,5)40-29)34-25(37)19(10-9-13-32-26(30)31-6)33-23(35)11-8-12-24(36)38-7/h17-22H,8-16H2,1-7H3,(H,33,35)(H,34,37)(H3,30,31,32)/t18-,19-,20-,21+,22-,28-/m0/s1. The number of ether oxygens (including phenoxy) is 1. The van der Waals surface area contributed by atoms with Crippen LogP contribution in [0.3, 0.4) is 0 Å². The van der Waals surface area contributed by atoms with Gasteiger partial charge in [0.2, 0.25) is 11.8 Å². The molecular weight excluding hydrogens is 513 g/mol. The van der Waals surface area contributed by atoms with E-state index in [0.717, 1.165) is 12.8 Å². The molecule has 2 bridgehead atoms. The molecule has 226 valence electrons. The molecule has 1 saturated heterocycles. The molecule has 0 aromatic heterocycles. The van der Waals surface area contributed by atoms with Crippen molar-refractivity contribution in [3.8, 4) is 0 Å². The summed E-state index contributed by atoms with van der Waals surface area (Å²) < 4.78 is 17.8. The number of hydrogen-bond acceptors (Lipinski definition) is 7. The molecule has 4 rings (SSSR count). The number of methoxy groups -OCH3 is 1. The summed E-state index contributed by atoms with van der Waals surface area (Å²) in [6.07, 6.45) is 4.36. The lowest BCUT2D eigenvalue weighted by molar-refractivity contribution is -0.199. The van der Waals surface area contributed by atoms with E-state index in [-0.39, 0.29) is 59.6 Å². The molecule has 4 aliphatic rings. The number of carbonyl (C=O) groups is 3. The van der Waals surface area contributed by atoms with E-state index in [4.69, 9.17) is 14.7 Å². The molecule has 3 saturated carbocycles. The summed E-state index contributed by atoms with van der Waals surface area (Å²) in [6, 6.07) is -0.767. The molecule has 0 unspecified atom stereocenters. The zero-order valence-corrected chi connectivity index (χ0v) is 25.4. The van der Waals surface area contributed by atoms with Crippen molar-refractivity contribution in [3.63, 3.8) is 0 Å². The van der Waals surface area contributed by atoms with Crippen LogP contribution < -0.4 is 21.3 Å². The highest BCUT2D eigenvalue weighted by Gasteiger charge is 2.68. The van der Waals surface area contributed by atoms with Gasteiger partial charge in [-0.3, -0.25) is 19.8 Å². The number of guanidine groups is 1. The van der Waals surface area contributed by atoms with E-state index in [1.807, 2.05) is 0 Å². The summed E-state index contributed by atoms with van der Waals surface area (Å²) in [5, 5.41) is 19.4. The van der Waals surface area contributed by atoms with Gasteiger partial charge in [0, 0.05) is 26.4 Å². The van der Waals surface area contributed by atoms with Gasteiger partial charge in [0.05, 0.1) is 24.8 Å². The van der Waals surface area contributed by atoms with Crippen LogP contribution in [-0.2, 0) is 28.4 Å². The van der Waals surface area contributed by atoms with Crippen molar-refractivity contribution in [1.29, 1.82) is 5.41 Å². The molecule has 5 N–H and O–H groups in total. The topological polar surface area (TPSA) is 151 Å². The van der Waals surface area contributed by atoms with Gasteiger partial charge >= 0.3 is 13.1 Å². The Morgan fingerprint density at radius 2 is 1.82 bits per heavy atom. The summed E-state index contributed by atoms with van der Waals surface area (Å²) in [5.41, 5.74) is -0.152. The van der Waals surface area contributed by atoms with Gasteiger partial charge in [-0.2, -0.15) is 0 Å². The third kappa shape index (κ3) is 7.49. The van der Waals surface area contributed by atoms with Crippen molar-refractivity contribution in [2.75, 3.05) is 20.7 Å². The predicted molar refractivity (Wildman–Crippen MR) is 153 cm³/mol. The van der Waals surface area contributed by atoms with E-state index < -0.39 is 13.2 Å². The molecule has 0 spiro atoms. The number of nitrogens with one attached hydrogen (secondary N) is 5. The van der Waals surface area contributed by atoms with E-state index in [9.17, 15) is 14.4 Å². The molecule has 2 amide bonds. The summed E-state index contributed by atoms with van der Waals surface area (Å²) in [7, 11) is 2.42. The van der Waals surface area contributed by atoms with E-state index >= 15 is 0 Å². The number of carbonyl (C=O) groups excluding carboxylic acids is 3. The van der Waals surface area contributed by atoms with Gasteiger partial charge in [-0.25, -0.2) is 0 Å². The molecule has 40 heavy (non-hydrogen) atoms. The first kappa shape index (κ1) is 32.2. The number of hydrogen-bond donors (Lipinski definition) is 5. The molecule has 0 aromatic carbocycles. The Morgan fingerprint density at radius 3 is 2.45 bits per heavy atom. The Hall–Kier alpha value is -2.34. The number of esters is 1. The van der Waals surface area contributed by atoms with E-state index in [1.54, 1.807) is 7.05 Å². The highest BCUT2D eigenvalue weighted by Crippen LogP contribution is 2.65. The quantitative estimate of drug-likeness (QED) is 0.0709. The van der Waals surface area contributed by atoms with Gasteiger partial charge in [-0.1, -0.05) is 27.7 Å². The molecule has 3 aliphatic carbocycles. The smallest absolute Gasteiger partial charge is 0.469 e. The molecule has 6 atom stereocenters. The molecule has 12 heteroatoms. The van der Waals surface area contributed by atoms with Crippen LogP contribution in [0.25, 0.3) is 0 Å². The first-order valence-corrected chi connectivity index (χ1v) is 14.8. The monoisotopic (exact) mass is 563 g/mol. The normalized spacial score (nSPS) is 27.6. The average molecular weight is 564 g/mol. The minimum atomic E-state index is -0.767. The van der Waals surface area contributed by atoms with E-state index in [2.05, 4.69) is 60.6 Å². The van der Waals surface area contributed by atoms with E-state index in [0.29, 0.717) is 50.0 Å². The number of rotatable bonds is 14. The maximum atomic E-state index is 13.6. The molecule has 1 heterocycles. The van der Waals surface area contributed by atoms with Gasteiger partial charge in [-0.15, -0.1) is 0 Å². The Balaban J connectivity index is 1.66. The molecule has 11 nitrogen and oxygen atoms in total. The van der Waals surface area contributed by atoms with Gasteiger partial charge in [0.25, 0.3) is 0 Å². The highest BCUT2D eigenvalue weighted by atomic mass is 16.7. The molecule has 1 aliphatic heterocycles. The zero-order chi connectivity index (χ0) is 29.7. The van der Waals surface area contributed by atoms with Crippen LogP contribution >= 0.6 is 0 Å². The van der Waals surface area contributed by atoms with Crippen molar-refractivity contribution in [3.05, 3.63) is 0 Å². The largest absolute Gasteiger partial charge is 0.481 e. The third-order valence-corrected chi connectivity index (χ3v) is 9.24. The van der Waals surface area contributed by atoms with Crippen molar-refractivity contribution in [1.82, 2.24) is 21.3 Å². The molecule has 4 fully saturated rings. The first-order chi connectivity index (χ1) is 18.8. The lowest BCUT2D eigenvalue weighted by Gasteiger charge is -2.64. The van der Waals surface area contributed by atoms with Crippen molar-refractivity contribution in [2.45, 2.75) is 110 Å². The predicted octanol–water partition coefficient (Wildman–Crippen LogP) is 2.14. The SMILES string of the molecule is CNC(=N)NCCC[C@H](NC(=O)CCCC(=O)OC)C(=O)N[C@@H](CC(C)C)B1O[C@@H]2C[C@@H]3C[C@@H](C3(C)C)[C@]2(C)O1. The molecule has 0 aromatic rings. The minimum Gasteiger partial charge on any atom is -0.469 e. The second-order valence-electron chi connectivity index (χ2n) is 12.8. The lowest BCUT2D eigenvalue weighted by Crippen LogP contribution is -2.65. The fourth-order valence-electron chi connectivity index (χ4n) is 6.74. The molecular formula is C28H50BN5O6. The van der Waals surface area contributed by atoms with Crippen LogP contribution in [0, 0.1) is 28.6 Å². The van der Waals surface area contributed by atoms with Crippen molar-refractivity contribution in [2.24, 2.45) is 23.2 Å². The van der Waals surface area contributed by atoms with Crippen LogP contribution in [0.5, 0.6) is 0 Å². The summed E-state index contributed by atoms with van der Waals surface area (Å²) in [5.74, 6) is 0.227. The maximum Gasteiger partial charge on any atom is 0.481 e. The Kier molecular flexibility index (Phi) is 10.9. The van der Waals surface area contributed by atoms with Crippen molar-refractivity contribution >= 4 is 30.9 Å². The fourth-order valence-corrected chi connectivity index (χ4v) is 6.74. The van der Waals surface area contributed by atoms with E-state index in [1.165, 1.54) is 7.11 Å². The third-order valence-electron chi connectivity index (χ3n) is 9.24. The van der Waals surface area contributed by atoms with Gasteiger partial charge in [0.15, 0.2) is 5.96 Å². The van der Waals surface area contributed by atoms with Crippen LogP contribution in [0.1, 0.15) is 86.0 Å². The minimum absolute atomic E-state index is 0.0136. The first-order valence-electron chi connectivity index (χ1n) is 14.8. The van der Waals surface area contributed by atoms with Crippen LogP contribution in [0.2, 0.25) is 0 Å². The molecule has 0 radical (unpaired) electrons. The van der Waals surface area contributed by atoms with Crippen LogP contribution in [0.4, 0.5) is 0 Å². The van der Waals surface area contributed by atoms with Gasteiger partial charge < -0.3 is 35.3 Å². The highest BCUT2D eigenvalue weighted by molar-refractivity contribution is 6.48. The Bertz CT molecular complexity index is 933. The summed E-state index contributed by atoms with van der Waals surface area (Å²) >= 11 is 0. The average Bonchev–Trinajstić information content (AvgIpc) is 3.26. The van der Waals surface area contributed by atoms with Gasteiger partial charge in [0.1, 0.15) is 6.04 Å². The lowest BCUT2D eigenvalue weighted by atomic mass is 9.43. The van der Waals surface area contributed by atoms with Gasteiger partial charge in [-0.05, 0) is 68.6 Å². The zero-order valence-electron chi connectivity index (χ0n) is 25.4. The summed E-state index contributed by atoms with van der Waals surface area (Å²) in [4.78, 5) is 37.7. The van der Waals surface area contributed by atoms with Crippen molar-refractivity contribution < 1.29 is 28.4 Å². The number of amides is 2. The fraction of sp³-hybridized carbons (Fsp3) is 0.857. The Morgan fingerprint density at radius 1 is 1.10 bits per heavy atom. The second kappa shape index (κ2) is 13.6. The Labute approximate surface area is 239 Å². The second-order valence-corrected chi connectivity index (χ2v) is 12.8.